The Balaban J connectivity index is 1.83. The Bertz CT molecular complexity index is 613. The Morgan fingerprint density at radius 1 is 0.571 bits per heavy atom. The summed E-state index contributed by atoms with van der Waals surface area (Å²) in [5, 5.41) is 4.23. The molecule has 0 aliphatic carbocycles. The van der Waals surface area contributed by atoms with Gasteiger partial charge in [-0.1, -0.05) is 0 Å². The third-order valence-corrected chi connectivity index (χ3v) is 9.18. The van der Waals surface area contributed by atoms with Crippen molar-refractivity contribution in [3.63, 3.8) is 0 Å². The fourth-order valence-electron chi connectivity index (χ4n) is 2.17. The van der Waals surface area contributed by atoms with E-state index < -0.39 is 0 Å². The number of rotatable bonds is 5. The molecule has 0 nitrogen and oxygen atoms in total. The zero-order chi connectivity index (χ0) is 14.3. The molecule has 0 amide bonds. The van der Waals surface area contributed by atoms with Crippen LogP contribution >= 0.6 is 7.92 Å². The van der Waals surface area contributed by atoms with Gasteiger partial charge in [0, 0.05) is 0 Å². The Morgan fingerprint density at radius 3 is 1.48 bits per heavy atom. The van der Waals surface area contributed by atoms with Gasteiger partial charge in [0.25, 0.3) is 0 Å². The van der Waals surface area contributed by atoms with Crippen LogP contribution in [0.5, 0.6) is 0 Å². The van der Waals surface area contributed by atoms with Crippen LogP contribution in [0.2, 0.25) is 0 Å². The molecule has 0 heterocycles. The van der Waals surface area contributed by atoms with Crippen molar-refractivity contribution in [1.82, 2.24) is 0 Å². The summed E-state index contributed by atoms with van der Waals surface area (Å²) in [6, 6.07) is 32.8. The molecule has 0 aliphatic heterocycles. The second-order valence-corrected chi connectivity index (χ2v) is 10.1. The van der Waals surface area contributed by atoms with Gasteiger partial charge in [-0.15, -0.1) is 0 Å². The molecule has 0 atom stereocenters. The summed E-state index contributed by atoms with van der Waals surface area (Å²) in [5.41, 5.74) is 0. The van der Waals surface area contributed by atoms with Gasteiger partial charge in [-0.05, 0) is 0 Å². The summed E-state index contributed by atoms with van der Waals surface area (Å²) in [6.07, 6.45) is 0. The van der Waals surface area contributed by atoms with Crippen molar-refractivity contribution in [2.24, 2.45) is 0 Å². The van der Waals surface area contributed by atoms with Crippen LogP contribution in [0.15, 0.2) is 91.0 Å². The van der Waals surface area contributed by atoms with Crippen LogP contribution in [-0.2, 0) is 0 Å². The van der Waals surface area contributed by atoms with E-state index in [0.29, 0.717) is 15.0 Å². The van der Waals surface area contributed by atoms with Gasteiger partial charge in [0.1, 0.15) is 0 Å². The van der Waals surface area contributed by atoms with E-state index in [4.69, 9.17) is 0 Å². The van der Waals surface area contributed by atoms with Crippen LogP contribution in [0.1, 0.15) is 0 Å². The van der Waals surface area contributed by atoms with E-state index in [-0.39, 0.29) is 7.92 Å². The third kappa shape index (κ3) is 4.05. The van der Waals surface area contributed by atoms with Crippen LogP contribution < -0.4 is 15.1 Å². The molecule has 2 heteroatoms. The van der Waals surface area contributed by atoms with E-state index in [9.17, 15) is 0 Å². The average molecular weight is 355 g/mol. The summed E-state index contributed by atoms with van der Waals surface area (Å²) in [6.45, 7) is 0. The van der Waals surface area contributed by atoms with Gasteiger partial charge in [0.2, 0.25) is 0 Å². The van der Waals surface area contributed by atoms with Gasteiger partial charge in [0.15, 0.2) is 0 Å². The molecule has 0 spiro atoms. The molecular weight excluding hydrogens is 338 g/mol. The molecule has 0 radical (unpaired) electrons. The molecule has 0 aromatic heterocycles. The molecule has 21 heavy (non-hydrogen) atoms. The van der Waals surface area contributed by atoms with E-state index in [1.807, 2.05) is 0 Å². The Kier molecular flexibility index (Phi) is 5.24. The van der Waals surface area contributed by atoms with Crippen LogP contribution in [0.25, 0.3) is 0 Å². The number of hydrogen-bond donors (Lipinski definition) is 0. The Morgan fingerprint density at radius 2 is 1.00 bits per heavy atom. The molecule has 0 saturated carbocycles. The fourth-order valence-corrected chi connectivity index (χ4v) is 8.47. The third-order valence-electron chi connectivity index (χ3n) is 3.24. The van der Waals surface area contributed by atoms with Gasteiger partial charge in [0.05, 0.1) is 0 Å². The first-order chi connectivity index (χ1) is 10.4. The molecule has 0 N–H and O–H groups in total. The van der Waals surface area contributed by atoms with Crippen molar-refractivity contribution in [1.29, 1.82) is 0 Å². The minimum atomic E-state index is -0.247. The SMILES string of the molecule is c1ccc([Se]CP(c2ccccc2)c2ccccc2)cc1. The Hall–Kier alpha value is -1.39. The van der Waals surface area contributed by atoms with Gasteiger partial charge in [-0.2, -0.15) is 0 Å². The molecule has 3 rings (SSSR count). The monoisotopic (exact) mass is 356 g/mol. The standard InChI is InChI=1S/C19H17PSe/c1-4-10-17(11-5-1)20(18-12-6-2-7-13-18)16-21-19-14-8-3-9-15-19/h1-15H,16H2. The van der Waals surface area contributed by atoms with Gasteiger partial charge >= 0.3 is 134 Å². The maximum atomic E-state index is 2.28. The molecule has 0 unspecified atom stereocenters. The quantitative estimate of drug-likeness (QED) is 0.487. The van der Waals surface area contributed by atoms with E-state index in [1.54, 1.807) is 0 Å². The molecule has 3 aromatic carbocycles. The van der Waals surface area contributed by atoms with E-state index in [2.05, 4.69) is 91.0 Å². The molecule has 104 valence electrons. The van der Waals surface area contributed by atoms with E-state index in [0.717, 1.165) is 0 Å². The molecule has 0 saturated heterocycles. The summed E-state index contributed by atoms with van der Waals surface area (Å²) in [7, 11) is -0.247. The predicted molar refractivity (Wildman–Crippen MR) is 95.8 cm³/mol. The zero-order valence-corrected chi connectivity index (χ0v) is 14.3. The zero-order valence-electron chi connectivity index (χ0n) is 11.7. The first-order valence-corrected chi connectivity index (χ1v) is 10.6. The molecule has 0 bridgehead atoms. The van der Waals surface area contributed by atoms with Crippen molar-refractivity contribution in [2.45, 2.75) is 0 Å². The minimum absolute atomic E-state index is 0.247. The summed E-state index contributed by atoms with van der Waals surface area (Å²) < 4.78 is 1.49. The van der Waals surface area contributed by atoms with Gasteiger partial charge in [-0.3, -0.25) is 0 Å². The van der Waals surface area contributed by atoms with Crippen LogP contribution in [-0.4, -0.2) is 20.0 Å². The van der Waals surface area contributed by atoms with E-state index in [1.165, 1.54) is 20.1 Å². The number of benzene rings is 3. The average Bonchev–Trinajstić information content (AvgIpc) is 2.58. The summed E-state index contributed by atoms with van der Waals surface area (Å²) in [5.74, 6) is 0. The maximum absolute atomic E-state index is 2.28. The van der Waals surface area contributed by atoms with Crippen molar-refractivity contribution in [3.05, 3.63) is 91.0 Å². The van der Waals surface area contributed by atoms with Gasteiger partial charge in [-0.25, -0.2) is 0 Å². The van der Waals surface area contributed by atoms with Crippen molar-refractivity contribution in [2.75, 3.05) is 5.06 Å². The van der Waals surface area contributed by atoms with Crippen LogP contribution in [0.3, 0.4) is 0 Å². The second-order valence-electron chi connectivity index (χ2n) is 4.69. The molecule has 3 aromatic rings. The van der Waals surface area contributed by atoms with E-state index >= 15 is 0 Å². The van der Waals surface area contributed by atoms with Gasteiger partial charge < -0.3 is 0 Å². The van der Waals surface area contributed by atoms with Crippen molar-refractivity contribution < 1.29 is 0 Å². The topological polar surface area (TPSA) is 0 Å². The normalized spacial score (nSPS) is 10.7. The van der Waals surface area contributed by atoms with Crippen LogP contribution in [0, 0.1) is 0 Å². The summed E-state index contributed by atoms with van der Waals surface area (Å²) in [4.78, 5) is 0. The summed E-state index contributed by atoms with van der Waals surface area (Å²) >= 11 is 0.526. The van der Waals surface area contributed by atoms with Crippen LogP contribution in [0.4, 0.5) is 0 Å². The predicted octanol–water partition coefficient (Wildman–Crippen LogP) is 3.11. The van der Waals surface area contributed by atoms with Crippen molar-refractivity contribution >= 4 is 37.9 Å². The molecule has 0 aliphatic rings. The first-order valence-electron chi connectivity index (χ1n) is 6.99. The second kappa shape index (κ2) is 7.57. The first kappa shape index (κ1) is 14.5. The number of hydrogen-bond acceptors (Lipinski definition) is 0. The fraction of sp³-hybridized carbons (Fsp3) is 0.0526. The Labute approximate surface area is 134 Å². The molecular formula is C19H17PSe. The molecule has 0 fully saturated rings. The van der Waals surface area contributed by atoms with Crippen molar-refractivity contribution in [3.8, 4) is 0 Å².